The molecular weight excluding hydrogens is 208 g/mol. The predicted octanol–water partition coefficient (Wildman–Crippen LogP) is 2.39. The van der Waals surface area contributed by atoms with E-state index in [1.165, 1.54) is 43.7 Å². The monoisotopic (exact) mass is 232 g/mol. The molecule has 1 saturated heterocycles. The van der Waals surface area contributed by atoms with E-state index in [9.17, 15) is 0 Å². The minimum atomic E-state index is 0.633. The van der Waals surface area contributed by atoms with Gasteiger partial charge in [-0.25, -0.2) is 0 Å². The molecule has 0 aromatic heterocycles. The minimum absolute atomic E-state index is 0.633. The van der Waals surface area contributed by atoms with E-state index in [4.69, 9.17) is 0 Å². The van der Waals surface area contributed by atoms with Gasteiger partial charge in [0.1, 0.15) is 0 Å². The lowest BCUT2D eigenvalue weighted by Crippen LogP contribution is -2.31. The zero-order valence-corrected chi connectivity index (χ0v) is 11.1. The van der Waals surface area contributed by atoms with Crippen LogP contribution < -0.4 is 5.32 Å². The quantitative estimate of drug-likeness (QED) is 0.861. The molecule has 2 rings (SSSR count). The summed E-state index contributed by atoms with van der Waals surface area (Å²) in [5.41, 5.74) is 2.81. The molecule has 1 fully saturated rings. The van der Waals surface area contributed by atoms with Crippen LogP contribution in [0.15, 0.2) is 24.3 Å². The maximum Gasteiger partial charge on any atom is 0.0107 e. The summed E-state index contributed by atoms with van der Waals surface area (Å²) in [7, 11) is 0. The van der Waals surface area contributed by atoms with Crippen LogP contribution in [0.2, 0.25) is 0 Å². The summed E-state index contributed by atoms with van der Waals surface area (Å²) in [5.74, 6) is 0.633. The van der Waals surface area contributed by atoms with Gasteiger partial charge >= 0.3 is 0 Å². The van der Waals surface area contributed by atoms with Crippen LogP contribution in [0.3, 0.4) is 0 Å². The maximum absolute atomic E-state index is 3.46. The molecule has 1 heterocycles. The van der Waals surface area contributed by atoms with Gasteiger partial charge in [0.05, 0.1) is 0 Å². The molecule has 1 atom stereocenters. The summed E-state index contributed by atoms with van der Waals surface area (Å²) < 4.78 is 0. The van der Waals surface area contributed by atoms with Crippen LogP contribution in [-0.4, -0.2) is 37.6 Å². The van der Waals surface area contributed by atoms with E-state index in [1.807, 2.05) is 0 Å². The van der Waals surface area contributed by atoms with E-state index in [-0.39, 0.29) is 0 Å². The SMILES string of the molecule is Cc1ccc(C(C)CN2CCCNCC2)cc1. The zero-order valence-electron chi connectivity index (χ0n) is 11.1. The third-order valence-electron chi connectivity index (χ3n) is 3.61. The van der Waals surface area contributed by atoms with Crippen molar-refractivity contribution in [2.75, 3.05) is 32.7 Å². The number of nitrogens with zero attached hydrogens (tertiary/aromatic N) is 1. The van der Waals surface area contributed by atoms with Crippen LogP contribution in [0.5, 0.6) is 0 Å². The van der Waals surface area contributed by atoms with Crippen LogP contribution >= 0.6 is 0 Å². The zero-order chi connectivity index (χ0) is 12.1. The van der Waals surface area contributed by atoms with Crippen molar-refractivity contribution in [1.82, 2.24) is 10.2 Å². The first-order valence-corrected chi connectivity index (χ1v) is 6.75. The van der Waals surface area contributed by atoms with Gasteiger partial charge in [-0.05, 0) is 37.9 Å². The Morgan fingerprint density at radius 1 is 1.18 bits per heavy atom. The first-order valence-electron chi connectivity index (χ1n) is 6.75. The highest BCUT2D eigenvalue weighted by atomic mass is 15.1. The van der Waals surface area contributed by atoms with Crippen molar-refractivity contribution >= 4 is 0 Å². The standard InChI is InChI=1S/C15H24N2/c1-13-4-6-15(7-5-13)14(2)12-17-10-3-8-16-9-11-17/h4-7,14,16H,3,8-12H2,1-2H3. The number of aryl methyl sites for hydroxylation is 1. The lowest BCUT2D eigenvalue weighted by Gasteiger charge is -2.24. The highest BCUT2D eigenvalue weighted by Crippen LogP contribution is 2.17. The molecule has 2 nitrogen and oxygen atoms in total. The fraction of sp³-hybridized carbons (Fsp3) is 0.600. The molecule has 94 valence electrons. The molecule has 1 N–H and O–H groups in total. The average molecular weight is 232 g/mol. The van der Waals surface area contributed by atoms with Gasteiger partial charge in [0, 0.05) is 19.6 Å². The average Bonchev–Trinajstić information content (AvgIpc) is 2.58. The topological polar surface area (TPSA) is 15.3 Å². The molecule has 1 aromatic carbocycles. The molecule has 0 radical (unpaired) electrons. The fourth-order valence-electron chi connectivity index (χ4n) is 2.47. The van der Waals surface area contributed by atoms with Gasteiger partial charge in [-0.2, -0.15) is 0 Å². The van der Waals surface area contributed by atoms with Gasteiger partial charge in [-0.3, -0.25) is 0 Å². The van der Waals surface area contributed by atoms with Gasteiger partial charge in [0.15, 0.2) is 0 Å². The van der Waals surface area contributed by atoms with E-state index in [0.29, 0.717) is 5.92 Å². The molecule has 1 aliphatic rings. The van der Waals surface area contributed by atoms with Crippen molar-refractivity contribution in [2.24, 2.45) is 0 Å². The Kier molecular flexibility index (Phi) is 4.57. The van der Waals surface area contributed by atoms with E-state index in [0.717, 1.165) is 6.54 Å². The molecule has 0 bridgehead atoms. The van der Waals surface area contributed by atoms with Crippen molar-refractivity contribution < 1.29 is 0 Å². The molecule has 0 saturated carbocycles. The van der Waals surface area contributed by atoms with Gasteiger partial charge < -0.3 is 10.2 Å². The number of nitrogens with one attached hydrogen (secondary N) is 1. The number of hydrogen-bond donors (Lipinski definition) is 1. The molecule has 2 heteroatoms. The van der Waals surface area contributed by atoms with Crippen LogP contribution in [0.4, 0.5) is 0 Å². The molecule has 1 unspecified atom stereocenters. The smallest absolute Gasteiger partial charge is 0.0107 e. The first kappa shape index (κ1) is 12.6. The van der Waals surface area contributed by atoms with Crippen molar-refractivity contribution in [3.8, 4) is 0 Å². The van der Waals surface area contributed by atoms with Gasteiger partial charge in [-0.1, -0.05) is 36.8 Å². The van der Waals surface area contributed by atoms with Gasteiger partial charge in [-0.15, -0.1) is 0 Å². The Balaban J connectivity index is 1.91. The molecule has 1 aliphatic heterocycles. The molecule has 0 aliphatic carbocycles. The first-order chi connectivity index (χ1) is 8.25. The molecule has 0 amide bonds. The van der Waals surface area contributed by atoms with E-state index in [1.54, 1.807) is 0 Å². The predicted molar refractivity (Wildman–Crippen MR) is 73.5 cm³/mol. The normalized spacial score (nSPS) is 19.9. The summed E-state index contributed by atoms with van der Waals surface area (Å²) in [4.78, 5) is 2.59. The summed E-state index contributed by atoms with van der Waals surface area (Å²) in [6.07, 6.45) is 1.28. The van der Waals surface area contributed by atoms with Crippen LogP contribution in [0, 0.1) is 6.92 Å². The summed E-state index contributed by atoms with van der Waals surface area (Å²) in [6, 6.07) is 8.98. The summed E-state index contributed by atoms with van der Waals surface area (Å²) >= 11 is 0. The van der Waals surface area contributed by atoms with Crippen molar-refractivity contribution in [1.29, 1.82) is 0 Å². The Labute approximate surface area is 105 Å². The Bertz CT molecular complexity index is 323. The highest BCUT2D eigenvalue weighted by Gasteiger charge is 2.13. The Hall–Kier alpha value is -0.860. The number of rotatable bonds is 3. The third-order valence-corrected chi connectivity index (χ3v) is 3.61. The molecule has 1 aromatic rings. The van der Waals surface area contributed by atoms with Gasteiger partial charge in [0.2, 0.25) is 0 Å². The summed E-state index contributed by atoms with van der Waals surface area (Å²) in [5, 5.41) is 3.46. The van der Waals surface area contributed by atoms with Crippen molar-refractivity contribution in [2.45, 2.75) is 26.2 Å². The number of benzene rings is 1. The molecule has 17 heavy (non-hydrogen) atoms. The minimum Gasteiger partial charge on any atom is -0.315 e. The van der Waals surface area contributed by atoms with E-state index >= 15 is 0 Å². The second kappa shape index (κ2) is 6.18. The van der Waals surface area contributed by atoms with Crippen LogP contribution in [0.1, 0.15) is 30.4 Å². The van der Waals surface area contributed by atoms with Crippen LogP contribution in [-0.2, 0) is 0 Å². The largest absolute Gasteiger partial charge is 0.315 e. The van der Waals surface area contributed by atoms with Crippen molar-refractivity contribution in [3.63, 3.8) is 0 Å². The molecule has 0 spiro atoms. The van der Waals surface area contributed by atoms with Gasteiger partial charge in [0.25, 0.3) is 0 Å². The molecular formula is C15H24N2. The number of hydrogen-bond acceptors (Lipinski definition) is 2. The lowest BCUT2D eigenvalue weighted by atomic mass is 9.99. The Morgan fingerprint density at radius 3 is 2.71 bits per heavy atom. The maximum atomic E-state index is 3.46. The Morgan fingerprint density at radius 2 is 1.94 bits per heavy atom. The van der Waals surface area contributed by atoms with Crippen molar-refractivity contribution in [3.05, 3.63) is 35.4 Å². The second-order valence-corrected chi connectivity index (χ2v) is 5.22. The third kappa shape index (κ3) is 3.83. The highest BCUT2D eigenvalue weighted by molar-refractivity contribution is 5.24. The summed E-state index contributed by atoms with van der Waals surface area (Å²) in [6.45, 7) is 10.4. The fourth-order valence-corrected chi connectivity index (χ4v) is 2.47. The van der Waals surface area contributed by atoms with Crippen LogP contribution in [0.25, 0.3) is 0 Å². The lowest BCUT2D eigenvalue weighted by molar-refractivity contribution is 0.278. The second-order valence-electron chi connectivity index (χ2n) is 5.22. The van der Waals surface area contributed by atoms with E-state index < -0.39 is 0 Å². The van der Waals surface area contributed by atoms with E-state index in [2.05, 4.69) is 48.3 Å².